The summed E-state index contributed by atoms with van der Waals surface area (Å²) >= 11 is 6.46. The van der Waals surface area contributed by atoms with E-state index in [1.165, 1.54) is 4.57 Å². The fourth-order valence-corrected chi connectivity index (χ4v) is 4.20. The summed E-state index contributed by atoms with van der Waals surface area (Å²) in [5, 5.41) is 18.2. The maximum Gasteiger partial charge on any atom is 0.416 e. The highest BCUT2D eigenvalue weighted by Gasteiger charge is 2.22. The number of aryl methyl sites for hydroxylation is 1. The Morgan fingerprint density at radius 3 is 2.72 bits per heavy atom. The van der Waals surface area contributed by atoms with E-state index in [-0.39, 0.29) is 5.91 Å². The molecule has 0 aliphatic carbocycles. The fraction of sp³-hybridized carbons (Fsp3) is 0.182. The summed E-state index contributed by atoms with van der Waals surface area (Å²) in [6.45, 7) is 0.686. The lowest BCUT2D eigenvalue weighted by Gasteiger charge is -2.17. The highest BCUT2D eigenvalue weighted by Crippen LogP contribution is 2.33. The van der Waals surface area contributed by atoms with Crippen LogP contribution in [0, 0.1) is 0 Å². The highest BCUT2D eigenvalue weighted by molar-refractivity contribution is 6.33. The van der Waals surface area contributed by atoms with Crippen molar-refractivity contribution in [2.24, 2.45) is 7.05 Å². The van der Waals surface area contributed by atoms with E-state index in [4.69, 9.17) is 11.6 Å². The maximum absolute atomic E-state index is 12.0. The molecule has 162 valence electrons. The van der Waals surface area contributed by atoms with Crippen LogP contribution in [-0.4, -0.2) is 43.0 Å². The number of pyridine rings is 1. The van der Waals surface area contributed by atoms with Gasteiger partial charge < -0.3 is 15.3 Å². The smallest absolute Gasteiger partial charge is 0.416 e. The van der Waals surface area contributed by atoms with Gasteiger partial charge in [0, 0.05) is 55.1 Å². The molecule has 5 rings (SSSR count). The Bertz CT molecular complexity index is 1380. The Morgan fingerprint density at radius 2 is 2.06 bits per heavy atom. The van der Waals surface area contributed by atoms with Gasteiger partial charge in [-0.15, -0.1) is 0 Å². The SMILES string of the molecule is Cn1cc(-c2cc3cnc(Nc4ccc(N5CCCC5=O)cc4Cl)cc3n2C(=O)O)cn1. The van der Waals surface area contributed by atoms with Crippen molar-refractivity contribution in [3.63, 3.8) is 0 Å². The minimum Gasteiger partial charge on any atom is -0.464 e. The molecule has 0 radical (unpaired) electrons. The van der Waals surface area contributed by atoms with Crippen LogP contribution in [0.3, 0.4) is 0 Å². The number of hydrogen-bond acceptors (Lipinski definition) is 5. The zero-order chi connectivity index (χ0) is 22.4. The zero-order valence-electron chi connectivity index (χ0n) is 17.1. The Labute approximate surface area is 187 Å². The number of nitrogens with zero attached hydrogens (tertiary/aromatic N) is 5. The fourth-order valence-electron chi connectivity index (χ4n) is 3.97. The third kappa shape index (κ3) is 3.46. The number of benzene rings is 1. The van der Waals surface area contributed by atoms with Gasteiger partial charge in [0.1, 0.15) is 5.82 Å². The van der Waals surface area contributed by atoms with Crippen molar-refractivity contribution < 1.29 is 14.7 Å². The second kappa shape index (κ2) is 7.69. The Balaban J connectivity index is 1.49. The molecule has 3 aromatic heterocycles. The van der Waals surface area contributed by atoms with Crippen LogP contribution in [-0.2, 0) is 11.8 Å². The molecule has 10 heteroatoms. The van der Waals surface area contributed by atoms with E-state index in [0.29, 0.717) is 51.7 Å². The predicted molar refractivity (Wildman–Crippen MR) is 122 cm³/mol. The molecule has 1 aliphatic heterocycles. The van der Waals surface area contributed by atoms with E-state index < -0.39 is 6.09 Å². The molecule has 9 nitrogen and oxygen atoms in total. The molecular formula is C22H19ClN6O3. The second-order valence-corrected chi connectivity index (χ2v) is 8.02. The number of rotatable bonds is 4. The third-order valence-corrected chi connectivity index (χ3v) is 5.79. The number of fused-ring (bicyclic) bond motifs is 1. The molecule has 1 aliphatic rings. The number of aromatic nitrogens is 4. The Hall–Kier alpha value is -3.85. The van der Waals surface area contributed by atoms with Gasteiger partial charge >= 0.3 is 6.09 Å². The summed E-state index contributed by atoms with van der Waals surface area (Å²) in [6, 6.07) is 8.79. The van der Waals surface area contributed by atoms with E-state index in [0.717, 1.165) is 12.1 Å². The van der Waals surface area contributed by atoms with Gasteiger partial charge in [0.25, 0.3) is 0 Å². The monoisotopic (exact) mass is 450 g/mol. The van der Waals surface area contributed by atoms with Gasteiger partial charge in [0.05, 0.1) is 28.1 Å². The average Bonchev–Trinajstić information content (AvgIpc) is 3.47. The first kappa shape index (κ1) is 20.1. The Morgan fingerprint density at radius 1 is 1.22 bits per heavy atom. The standard InChI is InChI=1S/C22H19ClN6O3/c1-27-12-14(11-25-27)18-7-13-10-24-20(9-19(13)29(18)22(31)32)26-17-5-4-15(8-16(17)23)28-6-2-3-21(28)30/h4-5,7-12H,2-3,6H2,1H3,(H,24,26)(H,31,32). The minimum absolute atomic E-state index is 0.0905. The lowest BCUT2D eigenvalue weighted by atomic mass is 10.2. The summed E-state index contributed by atoms with van der Waals surface area (Å²) < 4.78 is 2.83. The Kier molecular flexibility index (Phi) is 4.82. The molecule has 1 saturated heterocycles. The van der Waals surface area contributed by atoms with Crippen LogP contribution in [0.25, 0.3) is 22.2 Å². The largest absolute Gasteiger partial charge is 0.464 e. The molecule has 1 amide bonds. The number of hydrogen-bond donors (Lipinski definition) is 2. The van der Waals surface area contributed by atoms with Crippen molar-refractivity contribution in [1.29, 1.82) is 0 Å². The molecule has 4 aromatic rings. The van der Waals surface area contributed by atoms with Crippen LogP contribution in [0.1, 0.15) is 12.8 Å². The summed E-state index contributed by atoms with van der Waals surface area (Å²) in [5.74, 6) is 0.537. The molecule has 0 atom stereocenters. The number of carboxylic acid groups (broad SMARTS) is 1. The van der Waals surface area contributed by atoms with Gasteiger partial charge in [-0.05, 0) is 30.7 Å². The summed E-state index contributed by atoms with van der Waals surface area (Å²) in [5.41, 5.74) is 3.05. The number of carbonyl (C=O) groups excluding carboxylic acids is 1. The first-order valence-corrected chi connectivity index (χ1v) is 10.4. The molecule has 0 spiro atoms. The highest BCUT2D eigenvalue weighted by atomic mass is 35.5. The van der Waals surface area contributed by atoms with E-state index in [1.807, 2.05) is 6.07 Å². The van der Waals surface area contributed by atoms with Crippen molar-refractivity contribution in [1.82, 2.24) is 19.3 Å². The topological polar surface area (TPSA) is 105 Å². The van der Waals surface area contributed by atoms with Crippen molar-refractivity contribution in [2.45, 2.75) is 12.8 Å². The van der Waals surface area contributed by atoms with E-state index in [2.05, 4.69) is 15.4 Å². The molecule has 0 unspecified atom stereocenters. The molecule has 1 fully saturated rings. The van der Waals surface area contributed by atoms with E-state index in [1.54, 1.807) is 59.5 Å². The van der Waals surface area contributed by atoms with Crippen molar-refractivity contribution in [2.75, 3.05) is 16.8 Å². The number of anilines is 3. The van der Waals surface area contributed by atoms with Gasteiger partial charge in [-0.25, -0.2) is 14.3 Å². The first-order chi connectivity index (χ1) is 15.4. The van der Waals surface area contributed by atoms with Crippen LogP contribution < -0.4 is 10.2 Å². The van der Waals surface area contributed by atoms with Crippen LogP contribution in [0.15, 0.2) is 48.9 Å². The van der Waals surface area contributed by atoms with Gasteiger partial charge in [-0.2, -0.15) is 5.10 Å². The van der Waals surface area contributed by atoms with Gasteiger partial charge in [0.2, 0.25) is 5.91 Å². The predicted octanol–water partition coefficient (Wildman–Crippen LogP) is 4.49. The van der Waals surface area contributed by atoms with Gasteiger partial charge in [-0.3, -0.25) is 9.48 Å². The average molecular weight is 451 g/mol. The van der Waals surface area contributed by atoms with Crippen molar-refractivity contribution >= 4 is 51.7 Å². The van der Waals surface area contributed by atoms with Crippen molar-refractivity contribution in [3.05, 3.63) is 53.9 Å². The molecule has 4 heterocycles. The molecular weight excluding hydrogens is 432 g/mol. The molecule has 2 N–H and O–H groups in total. The van der Waals surface area contributed by atoms with Gasteiger partial charge in [-0.1, -0.05) is 11.6 Å². The molecule has 0 bridgehead atoms. The summed E-state index contributed by atoms with van der Waals surface area (Å²) in [6.07, 6.45) is 5.27. The van der Waals surface area contributed by atoms with Crippen molar-refractivity contribution in [3.8, 4) is 11.3 Å². The van der Waals surface area contributed by atoms with Gasteiger partial charge in [0.15, 0.2) is 0 Å². The number of halogens is 1. The maximum atomic E-state index is 12.0. The number of carbonyl (C=O) groups is 2. The zero-order valence-corrected chi connectivity index (χ0v) is 17.9. The van der Waals surface area contributed by atoms with Crippen LogP contribution in [0.5, 0.6) is 0 Å². The van der Waals surface area contributed by atoms with E-state index in [9.17, 15) is 14.7 Å². The van der Waals surface area contributed by atoms with E-state index >= 15 is 0 Å². The lowest BCUT2D eigenvalue weighted by molar-refractivity contribution is -0.117. The minimum atomic E-state index is -1.10. The lowest BCUT2D eigenvalue weighted by Crippen LogP contribution is -2.23. The quantitative estimate of drug-likeness (QED) is 0.474. The first-order valence-electron chi connectivity index (χ1n) is 10.0. The molecule has 1 aromatic carbocycles. The number of nitrogens with one attached hydrogen (secondary N) is 1. The second-order valence-electron chi connectivity index (χ2n) is 7.62. The van der Waals surface area contributed by atoms with Crippen LogP contribution in [0.2, 0.25) is 5.02 Å². The van der Waals surface area contributed by atoms with Crippen LogP contribution in [0.4, 0.5) is 22.0 Å². The summed E-state index contributed by atoms with van der Waals surface area (Å²) in [7, 11) is 1.77. The summed E-state index contributed by atoms with van der Waals surface area (Å²) in [4.78, 5) is 30.1. The molecule has 32 heavy (non-hydrogen) atoms. The third-order valence-electron chi connectivity index (χ3n) is 5.48. The molecule has 0 saturated carbocycles. The van der Waals surface area contributed by atoms with Crippen LogP contribution >= 0.6 is 11.6 Å². The normalized spacial score (nSPS) is 13.8. The number of amides is 1.